The van der Waals surface area contributed by atoms with Gasteiger partial charge in [-0.3, -0.25) is 9.78 Å². The zero-order valence-electron chi connectivity index (χ0n) is 12.2. The van der Waals surface area contributed by atoms with E-state index in [9.17, 15) is 13.2 Å². The maximum atomic E-state index is 12.2. The molecule has 1 atom stereocenters. The first-order valence-corrected chi connectivity index (χ1v) is 8.79. The topological polar surface area (TPSA) is 79.4 Å². The molecule has 0 bridgehead atoms. The van der Waals surface area contributed by atoms with E-state index >= 15 is 0 Å². The fourth-order valence-corrected chi connectivity index (χ4v) is 3.60. The Morgan fingerprint density at radius 2 is 2.29 bits per heavy atom. The molecular weight excluding hydrogens is 290 g/mol. The minimum absolute atomic E-state index is 0.0786. The van der Waals surface area contributed by atoms with Gasteiger partial charge in [-0.2, -0.15) is 0 Å². The Morgan fingerprint density at radius 3 is 2.95 bits per heavy atom. The Bertz CT molecular complexity index is 574. The lowest BCUT2D eigenvalue weighted by Crippen LogP contribution is -2.45. The fraction of sp³-hybridized carbons (Fsp3) is 0.571. The predicted molar refractivity (Wildman–Crippen MR) is 79.8 cm³/mol. The Morgan fingerprint density at radius 1 is 1.48 bits per heavy atom. The number of pyridine rings is 1. The van der Waals surface area contributed by atoms with Crippen molar-refractivity contribution in [1.29, 1.82) is 0 Å². The molecule has 0 spiro atoms. The van der Waals surface area contributed by atoms with E-state index in [0.29, 0.717) is 13.1 Å². The first-order chi connectivity index (χ1) is 10.0. The van der Waals surface area contributed by atoms with Crippen LogP contribution in [0.4, 0.5) is 0 Å². The number of hydrogen-bond donors (Lipinski definition) is 1. The number of nitrogens with one attached hydrogen (secondary N) is 1. The van der Waals surface area contributed by atoms with Crippen LogP contribution in [0.15, 0.2) is 24.4 Å². The maximum absolute atomic E-state index is 12.2. The summed E-state index contributed by atoms with van der Waals surface area (Å²) >= 11 is 0. The molecule has 1 aliphatic heterocycles. The molecule has 0 aromatic carbocycles. The second kappa shape index (κ2) is 7.00. The van der Waals surface area contributed by atoms with Crippen molar-refractivity contribution in [3.63, 3.8) is 0 Å². The van der Waals surface area contributed by atoms with E-state index in [-0.39, 0.29) is 24.1 Å². The first-order valence-electron chi connectivity index (χ1n) is 7.18. The average Bonchev–Trinajstić information content (AvgIpc) is 2.53. The second-order valence-electron chi connectivity index (χ2n) is 5.14. The van der Waals surface area contributed by atoms with E-state index in [2.05, 4.69) is 10.3 Å². The number of aromatic nitrogens is 1. The van der Waals surface area contributed by atoms with Gasteiger partial charge in [0, 0.05) is 19.3 Å². The number of sulfonamides is 1. The second-order valence-corrected chi connectivity index (χ2v) is 7.39. The van der Waals surface area contributed by atoms with Crippen LogP contribution < -0.4 is 5.32 Å². The molecule has 0 saturated carbocycles. The summed E-state index contributed by atoms with van der Waals surface area (Å²) < 4.78 is 25.2. The summed E-state index contributed by atoms with van der Waals surface area (Å²) in [4.78, 5) is 16.3. The molecule has 1 saturated heterocycles. The monoisotopic (exact) mass is 311 g/mol. The average molecular weight is 311 g/mol. The molecule has 1 aromatic heterocycles. The number of hydrogen-bond acceptors (Lipinski definition) is 4. The molecule has 1 fully saturated rings. The molecule has 7 heteroatoms. The van der Waals surface area contributed by atoms with Gasteiger partial charge in [0.25, 0.3) is 0 Å². The summed E-state index contributed by atoms with van der Waals surface area (Å²) in [6, 6.07) is 5.53. The highest BCUT2D eigenvalue weighted by atomic mass is 32.2. The highest BCUT2D eigenvalue weighted by Crippen LogP contribution is 2.19. The summed E-state index contributed by atoms with van der Waals surface area (Å²) in [5.74, 6) is -0.296. The van der Waals surface area contributed by atoms with Crippen molar-refractivity contribution < 1.29 is 13.2 Å². The molecule has 2 heterocycles. The molecule has 21 heavy (non-hydrogen) atoms. The number of rotatable bonds is 5. The Balaban J connectivity index is 1.90. The van der Waals surface area contributed by atoms with Crippen LogP contribution in [0.1, 0.15) is 25.5 Å². The first kappa shape index (κ1) is 15.9. The molecule has 6 nitrogen and oxygen atoms in total. The van der Waals surface area contributed by atoms with Crippen LogP contribution in [-0.2, 0) is 21.4 Å². The predicted octanol–water partition coefficient (Wildman–Crippen LogP) is 0.759. The molecule has 1 aromatic rings. The van der Waals surface area contributed by atoms with Crippen molar-refractivity contribution in [3.05, 3.63) is 30.1 Å². The number of carbonyl (C=O) groups is 1. The van der Waals surface area contributed by atoms with Gasteiger partial charge in [0.15, 0.2) is 0 Å². The van der Waals surface area contributed by atoms with Gasteiger partial charge >= 0.3 is 0 Å². The van der Waals surface area contributed by atoms with Crippen molar-refractivity contribution in [3.8, 4) is 0 Å². The lowest BCUT2D eigenvalue weighted by atomic mass is 9.99. The third-order valence-electron chi connectivity index (χ3n) is 3.68. The summed E-state index contributed by atoms with van der Waals surface area (Å²) in [5.41, 5.74) is 0.791. The zero-order chi connectivity index (χ0) is 15.3. The molecule has 1 aliphatic rings. The third-order valence-corrected chi connectivity index (χ3v) is 5.53. The van der Waals surface area contributed by atoms with Crippen LogP contribution in [-0.4, -0.2) is 42.5 Å². The van der Waals surface area contributed by atoms with Crippen molar-refractivity contribution >= 4 is 15.9 Å². The van der Waals surface area contributed by atoms with Gasteiger partial charge in [-0.1, -0.05) is 6.07 Å². The number of nitrogens with zero attached hydrogens (tertiary/aromatic N) is 2. The highest BCUT2D eigenvalue weighted by Gasteiger charge is 2.31. The van der Waals surface area contributed by atoms with Gasteiger partial charge < -0.3 is 5.32 Å². The lowest BCUT2D eigenvalue weighted by molar-refractivity contribution is -0.126. The Kier molecular flexibility index (Phi) is 5.30. The van der Waals surface area contributed by atoms with Crippen molar-refractivity contribution in [2.24, 2.45) is 5.92 Å². The van der Waals surface area contributed by atoms with Crippen LogP contribution >= 0.6 is 0 Å². The smallest absolute Gasteiger partial charge is 0.224 e. The minimum Gasteiger partial charge on any atom is -0.350 e. The van der Waals surface area contributed by atoms with Gasteiger partial charge in [0.05, 0.1) is 23.9 Å². The SMILES string of the molecule is CCS(=O)(=O)N1CCC[C@H](C(=O)NCc2ccccn2)C1. The molecule has 2 rings (SSSR count). The minimum atomic E-state index is -3.21. The van der Waals surface area contributed by atoms with Crippen molar-refractivity contribution in [2.45, 2.75) is 26.3 Å². The summed E-state index contributed by atoms with van der Waals surface area (Å²) in [5, 5.41) is 2.84. The summed E-state index contributed by atoms with van der Waals surface area (Å²) in [6.45, 7) is 2.79. The van der Waals surface area contributed by atoms with Crippen LogP contribution in [0.25, 0.3) is 0 Å². The van der Waals surface area contributed by atoms with E-state index in [1.165, 1.54) is 4.31 Å². The largest absolute Gasteiger partial charge is 0.350 e. The van der Waals surface area contributed by atoms with E-state index < -0.39 is 10.0 Å². The fourth-order valence-electron chi connectivity index (χ4n) is 2.42. The van der Waals surface area contributed by atoms with Gasteiger partial charge in [-0.05, 0) is 31.9 Å². The number of piperidine rings is 1. The molecule has 0 aliphatic carbocycles. The van der Waals surface area contributed by atoms with E-state index in [0.717, 1.165) is 18.5 Å². The summed E-state index contributed by atoms with van der Waals surface area (Å²) in [6.07, 6.45) is 3.13. The molecule has 0 unspecified atom stereocenters. The summed E-state index contributed by atoms with van der Waals surface area (Å²) in [7, 11) is -3.21. The number of carbonyl (C=O) groups excluding carboxylic acids is 1. The van der Waals surface area contributed by atoms with Gasteiger partial charge in [-0.25, -0.2) is 12.7 Å². The standard InChI is InChI=1S/C14H21N3O3S/c1-2-21(19,20)17-9-5-6-12(11-17)14(18)16-10-13-7-3-4-8-15-13/h3-4,7-8,12H,2,5-6,9-11H2,1H3,(H,16,18)/t12-/m0/s1. The van der Waals surface area contributed by atoms with Gasteiger partial charge in [0.1, 0.15) is 0 Å². The molecule has 1 amide bonds. The molecule has 116 valence electrons. The quantitative estimate of drug-likeness (QED) is 0.870. The van der Waals surface area contributed by atoms with Crippen LogP contribution in [0, 0.1) is 5.92 Å². The molecular formula is C14H21N3O3S. The van der Waals surface area contributed by atoms with E-state index in [4.69, 9.17) is 0 Å². The van der Waals surface area contributed by atoms with E-state index in [1.807, 2.05) is 18.2 Å². The lowest BCUT2D eigenvalue weighted by Gasteiger charge is -2.30. The van der Waals surface area contributed by atoms with Crippen LogP contribution in [0.3, 0.4) is 0 Å². The molecule has 0 radical (unpaired) electrons. The van der Waals surface area contributed by atoms with Gasteiger partial charge in [-0.15, -0.1) is 0 Å². The zero-order valence-corrected chi connectivity index (χ0v) is 13.0. The van der Waals surface area contributed by atoms with Crippen molar-refractivity contribution in [1.82, 2.24) is 14.6 Å². The van der Waals surface area contributed by atoms with Crippen molar-refractivity contribution in [2.75, 3.05) is 18.8 Å². The maximum Gasteiger partial charge on any atom is 0.224 e. The Labute approximate surface area is 125 Å². The van der Waals surface area contributed by atoms with Crippen LogP contribution in [0.2, 0.25) is 0 Å². The number of amides is 1. The highest BCUT2D eigenvalue weighted by molar-refractivity contribution is 7.89. The van der Waals surface area contributed by atoms with Gasteiger partial charge in [0.2, 0.25) is 15.9 Å². The van der Waals surface area contributed by atoms with E-state index in [1.54, 1.807) is 13.1 Å². The Hall–Kier alpha value is -1.47. The molecule has 1 N–H and O–H groups in total. The van der Waals surface area contributed by atoms with Crippen LogP contribution in [0.5, 0.6) is 0 Å². The normalized spacial score (nSPS) is 20.1. The third kappa shape index (κ3) is 4.25.